The number of methoxy groups -OCH3 is 2. The molecule has 1 saturated carbocycles. The normalized spacial score (nSPS) is 13.2. The number of carbonyl (C=O) groups is 1. The minimum absolute atomic E-state index is 0.119. The average Bonchev–Trinajstić information content (AvgIpc) is 3.53. The van der Waals surface area contributed by atoms with Gasteiger partial charge in [-0.3, -0.25) is 14.3 Å². The van der Waals surface area contributed by atoms with Gasteiger partial charge in [0.25, 0.3) is 0 Å². The Morgan fingerprint density at radius 1 is 1.24 bits per heavy atom. The Balaban J connectivity index is 1.60. The highest BCUT2D eigenvalue weighted by atomic mass is 16.5. The molecule has 0 radical (unpaired) electrons. The van der Waals surface area contributed by atoms with Gasteiger partial charge in [-0.25, -0.2) is 9.48 Å². The first-order valence-corrected chi connectivity index (χ1v) is 9.22. The van der Waals surface area contributed by atoms with Gasteiger partial charge < -0.3 is 14.8 Å². The van der Waals surface area contributed by atoms with E-state index in [1.54, 1.807) is 41.2 Å². The van der Waals surface area contributed by atoms with Gasteiger partial charge in [0.1, 0.15) is 18.0 Å². The molecule has 3 aromatic rings. The molecule has 150 valence electrons. The van der Waals surface area contributed by atoms with E-state index < -0.39 is 5.91 Å². The largest absolute Gasteiger partial charge is 0.497 e. The summed E-state index contributed by atoms with van der Waals surface area (Å²) < 4.78 is 13.3. The fraction of sp³-hybridized carbons (Fsp3) is 0.300. The molecule has 1 fully saturated rings. The van der Waals surface area contributed by atoms with E-state index in [4.69, 9.17) is 9.47 Å². The SMILES string of the molecule is COc1ccc(OC)c(NC(=O)Cn2nc(-c3cccnc3)n(C3CC3)c2=O)c1. The molecule has 1 amide bonds. The van der Waals surface area contributed by atoms with Crippen LogP contribution < -0.4 is 20.5 Å². The third-order valence-corrected chi connectivity index (χ3v) is 4.68. The Hall–Kier alpha value is -3.62. The molecule has 9 nitrogen and oxygen atoms in total. The van der Waals surface area contributed by atoms with Crippen molar-refractivity contribution in [2.75, 3.05) is 19.5 Å². The van der Waals surface area contributed by atoms with Crippen molar-refractivity contribution in [1.82, 2.24) is 19.3 Å². The molecule has 2 heterocycles. The molecule has 0 spiro atoms. The van der Waals surface area contributed by atoms with Crippen molar-refractivity contribution < 1.29 is 14.3 Å². The summed E-state index contributed by atoms with van der Waals surface area (Å²) in [6, 6.07) is 8.84. The van der Waals surface area contributed by atoms with Crippen molar-refractivity contribution in [3.63, 3.8) is 0 Å². The van der Waals surface area contributed by atoms with Crippen molar-refractivity contribution in [1.29, 1.82) is 0 Å². The summed E-state index contributed by atoms with van der Waals surface area (Å²) >= 11 is 0. The molecular formula is C20H21N5O4. The number of benzene rings is 1. The molecule has 1 N–H and O–H groups in total. The zero-order valence-electron chi connectivity index (χ0n) is 16.2. The lowest BCUT2D eigenvalue weighted by molar-refractivity contribution is -0.117. The quantitative estimate of drug-likeness (QED) is 0.658. The second kappa shape index (κ2) is 7.78. The van der Waals surface area contributed by atoms with Crippen molar-refractivity contribution >= 4 is 11.6 Å². The maximum atomic E-state index is 12.9. The van der Waals surface area contributed by atoms with Gasteiger partial charge in [-0.05, 0) is 37.1 Å². The van der Waals surface area contributed by atoms with Crippen LogP contribution >= 0.6 is 0 Å². The number of amides is 1. The lowest BCUT2D eigenvalue weighted by Gasteiger charge is -2.11. The molecule has 0 atom stereocenters. The number of hydrogen-bond acceptors (Lipinski definition) is 6. The second-order valence-electron chi connectivity index (χ2n) is 6.72. The first-order valence-electron chi connectivity index (χ1n) is 9.22. The number of anilines is 1. The van der Waals surface area contributed by atoms with E-state index in [9.17, 15) is 9.59 Å². The second-order valence-corrected chi connectivity index (χ2v) is 6.72. The standard InChI is InChI=1S/C20H21N5O4/c1-28-15-7-8-17(29-2)16(10-15)22-18(26)12-24-20(27)25(14-5-6-14)19(23-24)13-4-3-9-21-11-13/h3-4,7-11,14H,5-6,12H2,1-2H3,(H,22,26). The van der Waals surface area contributed by atoms with Crippen LogP contribution in [0.15, 0.2) is 47.5 Å². The van der Waals surface area contributed by atoms with Crippen molar-refractivity contribution in [2.45, 2.75) is 25.4 Å². The Kier molecular flexibility index (Phi) is 5.03. The number of pyridine rings is 1. The molecule has 0 saturated heterocycles. The molecule has 0 unspecified atom stereocenters. The van der Waals surface area contributed by atoms with E-state index in [1.807, 2.05) is 6.07 Å². The summed E-state index contributed by atoms with van der Waals surface area (Å²) in [7, 11) is 3.05. The molecule has 4 rings (SSSR count). The van der Waals surface area contributed by atoms with Gasteiger partial charge >= 0.3 is 5.69 Å². The van der Waals surface area contributed by atoms with Crippen LogP contribution in [-0.4, -0.2) is 39.5 Å². The number of rotatable bonds is 7. The highest BCUT2D eigenvalue weighted by Gasteiger charge is 2.30. The van der Waals surface area contributed by atoms with Gasteiger partial charge in [0.15, 0.2) is 5.82 Å². The van der Waals surface area contributed by atoms with Crippen LogP contribution in [-0.2, 0) is 11.3 Å². The van der Waals surface area contributed by atoms with Gasteiger partial charge in [-0.15, -0.1) is 5.10 Å². The number of aromatic nitrogens is 4. The number of ether oxygens (including phenoxy) is 2. The van der Waals surface area contributed by atoms with Crippen LogP contribution in [0, 0.1) is 0 Å². The van der Waals surface area contributed by atoms with Gasteiger partial charge in [0.05, 0.1) is 19.9 Å². The molecule has 0 aliphatic heterocycles. The fourth-order valence-corrected chi connectivity index (χ4v) is 3.11. The van der Waals surface area contributed by atoms with E-state index in [1.165, 1.54) is 18.9 Å². The number of nitrogens with one attached hydrogen (secondary N) is 1. The summed E-state index contributed by atoms with van der Waals surface area (Å²) in [4.78, 5) is 29.6. The molecule has 1 aliphatic rings. The van der Waals surface area contributed by atoms with Crippen molar-refractivity contribution in [2.24, 2.45) is 0 Å². The van der Waals surface area contributed by atoms with Gasteiger partial charge in [0.2, 0.25) is 5.91 Å². The summed E-state index contributed by atoms with van der Waals surface area (Å²) in [5.74, 6) is 1.20. The van der Waals surface area contributed by atoms with Gasteiger partial charge in [-0.1, -0.05) is 0 Å². The molecule has 1 aliphatic carbocycles. The maximum Gasteiger partial charge on any atom is 0.346 e. The molecule has 9 heteroatoms. The zero-order chi connectivity index (χ0) is 20.4. The zero-order valence-corrected chi connectivity index (χ0v) is 16.2. The third-order valence-electron chi connectivity index (χ3n) is 4.68. The van der Waals surface area contributed by atoms with E-state index in [0.29, 0.717) is 23.0 Å². The summed E-state index contributed by atoms with van der Waals surface area (Å²) in [5.41, 5.74) is 0.892. The van der Waals surface area contributed by atoms with Crippen LogP contribution in [0.1, 0.15) is 18.9 Å². The highest BCUT2D eigenvalue weighted by Crippen LogP contribution is 2.36. The molecule has 2 aromatic heterocycles. The van der Waals surface area contributed by atoms with E-state index in [-0.39, 0.29) is 18.3 Å². The smallest absolute Gasteiger partial charge is 0.346 e. The molecule has 1 aromatic carbocycles. The fourth-order valence-electron chi connectivity index (χ4n) is 3.11. The van der Waals surface area contributed by atoms with Crippen LogP contribution in [0.3, 0.4) is 0 Å². The average molecular weight is 395 g/mol. The van der Waals surface area contributed by atoms with E-state index in [0.717, 1.165) is 18.4 Å². The molecule has 0 bridgehead atoms. The van der Waals surface area contributed by atoms with Crippen molar-refractivity contribution in [3.05, 3.63) is 53.2 Å². The van der Waals surface area contributed by atoms with Gasteiger partial charge in [0, 0.05) is 30.1 Å². The number of nitrogens with zero attached hydrogens (tertiary/aromatic N) is 4. The summed E-state index contributed by atoms with van der Waals surface area (Å²) in [6.07, 6.45) is 5.17. The summed E-state index contributed by atoms with van der Waals surface area (Å²) in [5, 5.41) is 7.17. The third kappa shape index (κ3) is 3.84. The minimum atomic E-state index is -0.392. The van der Waals surface area contributed by atoms with Crippen LogP contribution in [0.5, 0.6) is 11.5 Å². The Morgan fingerprint density at radius 2 is 2.07 bits per heavy atom. The summed E-state index contributed by atoms with van der Waals surface area (Å²) in [6.45, 7) is -0.216. The predicted octanol–water partition coefficient (Wildman–Crippen LogP) is 2.10. The molecular weight excluding hydrogens is 374 g/mol. The first-order chi connectivity index (χ1) is 14.1. The Bertz CT molecular complexity index is 1090. The maximum absolute atomic E-state index is 12.9. The van der Waals surface area contributed by atoms with Crippen LogP contribution in [0.4, 0.5) is 5.69 Å². The minimum Gasteiger partial charge on any atom is -0.497 e. The predicted molar refractivity (Wildman–Crippen MR) is 106 cm³/mol. The monoisotopic (exact) mass is 395 g/mol. The molecule has 29 heavy (non-hydrogen) atoms. The van der Waals surface area contributed by atoms with E-state index >= 15 is 0 Å². The van der Waals surface area contributed by atoms with Crippen LogP contribution in [0.2, 0.25) is 0 Å². The van der Waals surface area contributed by atoms with E-state index in [2.05, 4.69) is 15.4 Å². The lowest BCUT2D eigenvalue weighted by atomic mass is 10.2. The Labute approximate surface area is 166 Å². The van der Waals surface area contributed by atoms with Crippen molar-refractivity contribution in [3.8, 4) is 22.9 Å². The lowest BCUT2D eigenvalue weighted by Crippen LogP contribution is -2.30. The number of hydrogen-bond donors (Lipinski definition) is 1. The Morgan fingerprint density at radius 3 is 2.72 bits per heavy atom. The highest BCUT2D eigenvalue weighted by molar-refractivity contribution is 5.92. The van der Waals surface area contributed by atoms with Gasteiger partial charge in [-0.2, -0.15) is 0 Å². The number of carbonyl (C=O) groups excluding carboxylic acids is 1. The first kappa shape index (κ1) is 18.7. The van der Waals surface area contributed by atoms with Crippen LogP contribution in [0.25, 0.3) is 11.4 Å². The topological polar surface area (TPSA) is 100 Å².